The van der Waals surface area contributed by atoms with Gasteiger partial charge in [0.2, 0.25) is 5.91 Å². The molecule has 2 fully saturated rings. The number of aromatic amines is 1. The first-order valence-electron chi connectivity index (χ1n) is 9.11. The summed E-state index contributed by atoms with van der Waals surface area (Å²) in [6.07, 6.45) is 12.8. The van der Waals surface area contributed by atoms with Gasteiger partial charge in [0.25, 0.3) is 0 Å². The minimum absolute atomic E-state index is 0.0832. The highest BCUT2D eigenvalue weighted by molar-refractivity contribution is 5.76. The minimum Gasteiger partial charge on any atom is -0.391 e. The van der Waals surface area contributed by atoms with Crippen molar-refractivity contribution in [3.8, 4) is 0 Å². The van der Waals surface area contributed by atoms with Crippen molar-refractivity contribution < 1.29 is 9.90 Å². The number of hydrogen-bond donors (Lipinski definition) is 2. The summed E-state index contributed by atoms with van der Waals surface area (Å²) in [7, 11) is 0. The van der Waals surface area contributed by atoms with Crippen LogP contribution in [-0.2, 0) is 11.2 Å². The van der Waals surface area contributed by atoms with E-state index in [0.29, 0.717) is 18.3 Å². The smallest absolute Gasteiger partial charge is 0.222 e. The summed E-state index contributed by atoms with van der Waals surface area (Å²) in [5, 5.41) is 17.2. The Morgan fingerprint density at radius 1 is 1.32 bits per heavy atom. The number of aryl methyl sites for hydroxylation is 1. The zero-order valence-corrected chi connectivity index (χ0v) is 14.3. The molecule has 134 valence electrons. The van der Waals surface area contributed by atoms with E-state index in [-0.39, 0.29) is 18.1 Å². The fourth-order valence-electron chi connectivity index (χ4n) is 4.41. The molecule has 4 atom stereocenters. The Balaban J connectivity index is 1.30. The third kappa shape index (κ3) is 3.46. The molecule has 0 bridgehead atoms. The molecule has 1 aliphatic heterocycles. The normalized spacial score (nSPS) is 28.9. The minimum atomic E-state index is -0.355. The van der Waals surface area contributed by atoms with E-state index in [2.05, 4.69) is 15.2 Å². The van der Waals surface area contributed by atoms with Gasteiger partial charge >= 0.3 is 0 Å². The van der Waals surface area contributed by atoms with E-state index in [9.17, 15) is 9.90 Å². The number of nitrogens with zero attached hydrogens (tertiary/aromatic N) is 4. The van der Waals surface area contributed by atoms with E-state index in [1.807, 2.05) is 28.1 Å². The SMILES string of the molecule is O=C(CCCc1cn[nH]c1)N1C[C@H]2C[C@@H](n3ccnc3)[C@H](O)C[C@H]2C1. The van der Waals surface area contributed by atoms with Gasteiger partial charge < -0.3 is 14.6 Å². The van der Waals surface area contributed by atoms with Crippen LogP contribution >= 0.6 is 0 Å². The molecule has 2 aliphatic rings. The lowest BCUT2D eigenvalue weighted by atomic mass is 9.77. The number of aromatic nitrogens is 4. The second-order valence-corrected chi connectivity index (χ2v) is 7.39. The van der Waals surface area contributed by atoms with Gasteiger partial charge in [0.1, 0.15) is 0 Å². The average Bonchev–Trinajstić information content (AvgIpc) is 3.35. The lowest BCUT2D eigenvalue weighted by molar-refractivity contribution is -0.130. The summed E-state index contributed by atoms with van der Waals surface area (Å²) >= 11 is 0. The van der Waals surface area contributed by atoms with Crippen LogP contribution in [0.15, 0.2) is 31.1 Å². The third-order valence-electron chi connectivity index (χ3n) is 5.78. The maximum Gasteiger partial charge on any atom is 0.222 e. The van der Waals surface area contributed by atoms with Gasteiger partial charge in [-0.25, -0.2) is 4.98 Å². The first kappa shape index (κ1) is 16.3. The van der Waals surface area contributed by atoms with Gasteiger partial charge in [-0.1, -0.05) is 0 Å². The van der Waals surface area contributed by atoms with Crippen LogP contribution in [0, 0.1) is 11.8 Å². The van der Waals surface area contributed by atoms with Crippen LogP contribution in [0.5, 0.6) is 0 Å². The number of fused-ring (bicyclic) bond motifs is 1. The lowest BCUT2D eigenvalue weighted by Crippen LogP contribution is -2.35. The monoisotopic (exact) mass is 343 g/mol. The first-order valence-corrected chi connectivity index (χ1v) is 9.11. The van der Waals surface area contributed by atoms with E-state index >= 15 is 0 Å². The molecule has 1 saturated heterocycles. The van der Waals surface area contributed by atoms with Crippen molar-refractivity contribution >= 4 is 5.91 Å². The standard InChI is InChI=1S/C18H25N5O2/c24-17-7-15-11-23(18(25)3-1-2-13-8-20-21-9-13)10-14(15)6-16(17)22-5-4-19-12-22/h4-5,8-9,12,14-17,24H,1-3,6-7,10-11H2,(H,20,21)/t14-,15+,16-,17-/m1/s1. The highest BCUT2D eigenvalue weighted by Gasteiger charge is 2.43. The van der Waals surface area contributed by atoms with Crippen molar-refractivity contribution in [2.24, 2.45) is 11.8 Å². The summed E-state index contributed by atoms with van der Waals surface area (Å²) in [6, 6.07) is 0.0832. The van der Waals surface area contributed by atoms with Gasteiger partial charge in [-0.15, -0.1) is 0 Å². The van der Waals surface area contributed by atoms with E-state index in [0.717, 1.165) is 44.3 Å². The third-order valence-corrected chi connectivity index (χ3v) is 5.78. The molecule has 7 heteroatoms. The Morgan fingerprint density at radius 3 is 2.88 bits per heavy atom. The van der Waals surface area contributed by atoms with Crippen LogP contribution in [0.3, 0.4) is 0 Å². The van der Waals surface area contributed by atoms with Gasteiger partial charge in [-0.05, 0) is 43.1 Å². The summed E-state index contributed by atoms with van der Waals surface area (Å²) in [5.41, 5.74) is 1.15. The number of aliphatic hydroxyl groups is 1. The van der Waals surface area contributed by atoms with Gasteiger partial charge in [-0.3, -0.25) is 9.89 Å². The molecule has 2 aromatic heterocycles. The molecule has 4 rings (SSSR count). The zero-order valence-electron chi connectivity index (χ0n) is 14.3. The van der Waals surface area contributed by atoms with Crippen molar-refractivity contribution in [2.45, 2.75) is 44.2 Å². The van der Waals surface area contributed by atoms with Gasteiger partial charge in [0.15, 0.2) is 0 Å². The van der Waals surface area contributed by atoms with Crippen LogP contribution in [0.1, 0.15) is 37.3 Å². The molecule has 1 aliphatic carbocycles. The molecule has 0 spiro atoms. The van der Waals surface area contributed by atoms with E-state index in [1.165, 1.54) is 0 Å². The van der Waals surface area contributed by atoms with E-state index in [1.54, 1.807) is 12.5 Å². The van der Waals surface area contributed by atoms with Gasteiger partial charge in [0, 0.05) is 38.1 Å². The molecule has 0 aromatic carbocycles. The second-order valence-electron chi connectivity index (χ2n) is 7.39. The number of carbonyl (C=O) groups is 1. The Kier molecular flexibility index (Phi) is 4.57. The van der Waals surface area contributed by atoms with Crippen LogP contribution in [-0.4, -0.2) is 54.9 Å². The lowest BCUT2D eigenvalue weighted by Gasteiger charge is -2.35. The number of hydrogen-bond acceptors (Lipinski definition) is 4. The highest BCUT2D eigenvalue weighted by Crippen LogP contribution is 2.41. The largest absolute Gasteiger partial charge is 0.391 e. The number of likely N-dealkylation sites (tertiary alicyclic amines) is 1. The number of rotatable bonds is 5. The summed E-state index contributed by atoms with van der Waals surface area (Å²) in [4.78, 5) is 18.6. The Labute approximate surface area is 147 Å². The van der Waals surface area contributed by atoms with Crippen LogP contribution in [0.4, 0.5) is 0 Å². The Bertz CT molecular complexity index is 684. The van der Waals surface area contributed by atoms with Crippen molar-refractivity contribution in [3.05, 3.63) is 36.7 Å². The van der Waals surface area contributed by atoms with Crippen LogP contribution in [0.25, 0.3) is 0 Å². The highest BCUT2D eigenvalue weighted by atomic mass is 16.3. The number of amides is 1. The maximum absolute atomic E-state index is 12.5. The molecule has 1 amide bonds. The Hall–Kier alpha value is -2.15. The zero-order chi connectivity index (χ0) is 17.2. The quantitative estimate of drug-likeness (QED) is 0.859. The summed E-state index contributed by atoms with van der Waals surface area (Å²) in [6.45, 7) is 1.62. The Morgan fingerprint density at radius 2 is 2.16 bits per heavy atom. The molecule has 0 unspecified atom stereocenters. The van der Waals surface area contributed by atoms with Crippen molar-refractivity contribution in [1.29, 1.82) is 0 Å². The summed E-state index contributed by atoms with van der Waals surface area (Å²) in [5.74, 6) is 1.15. The van der Waals surface area contributed by atoms with E-state index < -0.39 is 0 Å². The molecule has 3 heterocycles. The van der Waals surface area contributed by atoms with Gasteiger partial charge in [0.05, 0.1) is 24.7 Å². The molecule has 1 saturated carbocycles. The molecule has 0 radical (unpaired) electrons. The molecule has 2 N–H and O–H groups in total. The number of aliphatic hydroxyl groups excluding tert-OH is 1. The van der Waals surface area contributed by atoms with Crippen LogP contribution in [0.2, 0.25) is 0 Å². The van der Waals surface area contributed by atoms with Crippen LogP contribution < -0.4 is 0 Å². The maximum atomic E-state index is 12.5. The number of nitrogens with one attached hydrogen (secondary N) is 1. The predicted octanol–water partition coefficient (Wildman–Crippen LogP) is 1.40. The molecular formula is C18H25N5O2. The van der Waals surface area contributed by atoms with Crippen molar-refractivity contribution in [2.75, 3.05) is 13.1 Å². The fraction of sp³-hybridized carbons (Fsp3) is 0.611. The molecule has 25 heavy (non-hydrogen) atoms. The first-order chi connectivity index (χ1) is 12.2. The number of H-pyrrole nitrogens is 1. The van der Waals surface area contributed by atoms with Crippen molar-refractivity contribution in [1.82, 2.24) is 24.6 Å². The number of carbonyl (C=O) groups excluding carboxylic acids is 1. The topological polar surface area (TPSA) is 87.0 Å². The van der Waals surface area contributed by atoms with E-state index in [4.69, 9.17) is 0 Å². The predicted molar refractivity (Wildman–Crippen MR) is 91.6 cm³/mol. The fourth-order valence-corrected chi connectivity index (χ4v) is 4.41. The van der Waals surface area contributed by atoms with Crippen molar-refractivity contribution in [3.63, 3.8) is 0 Å². The number of imidazole rings is 1. The molecular weight excluding hydrogens is 318 g/mol. The molecule has 7 nitrogen and oxygen atoms in total. The average molecular weight is 343 g/mol. The van der Waals surface area contributed by atoms with Gasteiger partial charge in [-0.2, -0.15) is 5.10 Å². The second kappa shape index (κ2) is 7.00. The summed E-state index contributed by atoms with van der Waals surface area (Å²) < 4.78 is 2.01. The molecule has 2 aromatic rings.